The monoisotopic (exact) mass is 822 g/mol. The molecule has 0 unspecified atom stereocenters. The maximum atomic E-state index is 13.1. The minimum absolute atomic E-state index is 0.126. The van der Waals surface area contributed by atoms with Crippen molar-refractivity contribution in [2.75, 3.05) is 50.2 Å². The number of benzene rings is 4. The lowest BCUT2D eigenvalue weighted by molar-refractivity contribution is -0.607. The van der Waals surface area contributed by atoms with Crippen LogP contribution < -0.4 is 26.0 Å². The summed E-state index contributed by atoms with van der Waals surface area (Å²) >= 11 is 0. The molecule has 0 atom stereocenters. The Labute approximate surface area is 354 Å². The maximum Gasteiger partial charge on any atom is 0.319 e. The van der Waals surface area contributed by atoms with Gasteiger partial charge in [-0.25, -0.2) is 4.98 Å². The van der Waals surface area contributed by atoms with Crippen LogP contribution in [0.15, 0.2) is 109 Å². The molecule has 13 heteroatoms. The molecule has 2 aliphatic rings. The van der Waals surface area contributed by atoms with Crippen molar-refractivity contribution >= 4 is 56.5 Å². The van der Waals surface area contributed by atoms with Gasteiger partial charge in [0.05, 0.1) is 5.69 Å². The van der Waals surface area contributed by atoms with Gasteiger partial charge in [0.15, 0.2) is 11.9 Å². The summed E-state index contributed by atoms with van der Waals surface area (Å²) in [5, 5.41) is 27.5. The molecule has 2 fully saturated rings. The van der Waals surface area contributed by atoms with Gasteiger partial charge in [-0.05, 0) is 114 Å². The van der Waals surface area contributed by atoms with Crippen LogP contribution in [-0.4, -0.2) is 68.1 Å². The molecule has 4 heterocycles. The molecule has 314 valence electrons. The van der Waals surface area contributed by atoms with Gasteiger partial charge in [-0.3, -0.25) is 19.2 Å². The van der Waals surface area contributed by atoms with Crippen molar-refractivity contribution in [1.82, 2.24) is 15.6 Å². The molecule has 2 aromatic heterocycles. The van der Waals surface area contributed by atoms with Crippen molar-refractivity contribution in [2.45, 2.75) is 39.5 Å². The Kier molecular flexibility index (Phi) is 13.9. The number of ether oxygens (including phenoxy) is 2. The fourth-order valence-corrected chi connectivity index (χ4v) is 7.72. The second-order valence-electron chi connectivity index (χ2n) is 15.4. The average Bonchev–Trinajstić information content (AvgIpc) is 3.29. The number of carbonyl (C=O) groups is 4. The third-order valence-corrected chi connectivity index (χ3v) is 11.3. The fraction of sp³-hybridized carbons (Fsp3) is 0.292. The summed E-state index contributed by atoms with van der Waals surface area (Å²) in [6.07, 6.45) is 6.42. The minimum atomic E-state index is -0.508. The average molecular weight is 823 g/mol. The number of hydrogen-bond donors (Lipinski definition) is 4. The van der Waals surface area contributed by atoms with E-state index in [-0.39, 0.29) is 34.8 Å². The number of fused-ring (bicyclic) bond motifs is 2. The van der Waals surface area contributed by atoms with Gasteiger partial charge in [-0.1, -0.05) is 60.7 Å². The van der Waals surface area contributed by atoms with Gasteiger partial charge in [-0.2, -0.15) is 4.73 Å². The predicted molar refractivity (Wildman–Crippen MR) is 235 cm³/mol. The number of amides is 4. The topological polar surface area (TPSA) is 175 Å². The molecule has 0 saturated carbocycles. The van der Waals surface area contributed by atoms with E-state index >= 15 is 0 Å². The third-order valence-electron chi connectivity index (χ3n) is 11.3. The number of aromatic nitrogens is 2. The first-order valence-electron chi connectivity index (χ1n) is 20.7. The van der Waals surface area contributed by atoms with Crippen molar-refractivity contribution in [3.8, 4) is 0 Å². The summed E-state index contributed by atoms with van der Waals surface area (Å²) < 4.78 is 11.2. The normalized spacial score (nSPS) is 14.4. The third kappa shape index (κ3) is 10.4. The highest BCUT2D eigenvalue weighted by molar-refractivity contribution is 6.16. The molecule has 8 rings (SSSR count). The lowest BCUT2D eigenvalue weighted by Crippen LogP contribution is -2.42. The van der Waals surface area contributed by atoms with E-state index in [0.29, 0.717) is 59.7 Å². The second-order valence-corrected chi connectivity index (χ2v) is 15.4. The molecule has 61 heavy (non-hydrogen) atoms. The Morgan fingerprint density at radius 3 is 1.61 bits per heavy atom. The Hall–Kier alpha value is -6.70. The Morgan fingerprint density at radius 1 is 0.590 bits per heavy atom. The van der Waals surface area contributed by atoms with Gasteiger partial charge in [0.1, 0.15) is 5.69 Å². The van der Waals surface area contributed by atoms with Gasteiger partial charge < -0.3 is 35.9 Å². The van der Waals surface area contributed by atoms with Crippen LogP contribution in [0.3, 0.4) is 0 Å². The SMILES string of the molecule is Cc1ccc(C(=O)Nc2ccc[n+]([O-])c2C(=O)NCC2CCOCC2)c2ccccc12.Cc1ccc(C(=O)Nc2cccnc2C(=O)NCC2CCOCC2)c2ccccc12. The number of nitrogens with zero attached hydrogens (tertiary/aromatic N) is 2. The summed E-state index contributed by atoms with van der Waals surface area (Å²) in [6, 6.07) is 29.3. The largest absolute Gasteiger partial charge is 0.618 e. The predicted octanol–water partition coefficient (Wildman–Crippen LogP) is 7.14. The van der Waals surface area contributed by atoms with Gasteiger partial charge >= 0.3 is 11.6 Å². The zero-order chi connectivity index (χ0) is 42.7. The highest BCUT2D eigenvalue weighted by atomic mass is 16.5. The van der Waals surface area contributed by atoms with Crippen molar-refractivity contribution < 1.29 is 33.4 Å². The lowest BCUT2D eigenvalue weighted by atomic mass is 10.00. The van der Waals surface area contributed by atoms with E-state index in [1.165, 1.54) is 12.3 Å². The van der Waals surface area contributed by atoms with Crippen molar-refractivity contribution in [3.63, 3.8) is 0 Å². The van der Waals surface area contributed by atoms with Crippen molar-refractivity contribution in [1.29, 1.82) is 0 Å². The molecule has 13 nitrogen and oxygen atoms in total. The molecule has 2 saturated heterocycles. The summed E-state index contributed by atoms with van der Waals surface area (Å²) in [5.74, 6) is -0.710. The Bertz CT molecular complexity index is 2550. The van der Waals surface area contributed by atoms with Crippen LogP contribution in [0.2, 0.25) is 0 Å². The van der Waals surface area contributed by atoms with E-state index in [1.807, 2.05) is 80.6 Å². The number of hydrogen-bond acceptors (Lipinski definition) is 8. The molecule has 0 aliphatic carbocycles. The number of pyridine rings is 2. The standard InChI is InChI=1S/C24H25N3O4.C24H25N3O3/c1-16-8-9-20(19-6-3-2-5-18(16)19)23(28)26-21-7-4-12-27(30)22(21)24(29)25-15-17-10-13-31-14-11-17;1-16-8-9-20(19-6-3-2-5-18(16)19)23(28)27-21-7-4-12-25-22(21)24(29)26-15-17-10-13-30-14-11-17/h2-9,12,17H,10-11,13-15H2,1H3,(H,25,29)(H,26,28);2-9,12,17H,10-11,13-15H2,1H3,(H,26,29)(H,27,28). The minimum Gasteiger partial charge on any atom is -0.618 e. The van der Waals surface area contributed by atoms with E-state index < -0.39 is 5.91 Å². The molecule has 4 amide bonds. The first-order valence-corrected chi connectivity index (χ1v) is 20.7. The highest BCUT2D eigenvalue weighted by Gasteiger charge is 2.26. The number of carbonyl (C=O) groups excluding carboxylic acids is 4. The molecular weight excluding hydrogens is 773 g/mol. The van der Waals surface area contributed by atoms with Crippen LogP contribution in [-0.2, 0) is 9.47 Å². The van der Waals surface area contributed by atoms with Crippen LogP contribution in [0, 0.1) is 30.9 Å². The number of anilines is 2. The summed E-state index contributed by atoms with van der Waals surface area (Å²) in [7, 11) is 0. The molecule has 4 aromatic carbocycles. The van der Waals surface area contributed by atoms with Crippen molar-refractivity contribution in [2.24, 2.45) is 11.8 Å². The van der Waals surface area contributed by atoms with Crippen LogP contribution in [0.25, 0.3) is 21.5 Å². The molecule has 6 aromatic rings. The summed E-state index contributed by atoms with van der Waals surface area (Å²) in [4.78, 5) is 55.8. The number of aryl methyl sites for hydroxylation is 2. The Morgan fingerprint density at radius 2 is 1.07 bits per heavy atom. The van der Waals surface area contributed by atoms with Gasteiger partial charge in [-0.15, -0.1) is 0 Å². The zero-order valence-corrected chi connectivity index (χ0v) is 34.4. The summed E-state index contributed by atoms with van der Waals surface area (Å²) in [6.45, 7) is 7.88. The number of rotatable bonds is 10. The van der Waals surface area contributed by atoms with Gasteiger partial charge in [0, 0.05) is 62.9 Å². The molecule has 4 N–H and O–H groups in total. The van der Waals surface area contributed by atoms with E-state index in [0.717, 1.165) is 71.6 Å². The van der Waals surface area contributed by atoms with Crippen LogP contribution in [0.4, 0.5) is 11.4 Å². The lowest BCUT2D eigenvalue weighted by Gasteiger charge is -2.22. The van der Waals surface area contributed by atoms with Crippen LogP contribution in [0.1, 0.15) is 78.5 Å². The quantitative estimate of drug-likeness (QED) is 0.0833. The van der Waals surface area contributed by atoms with Gasteiger partial charge in [0.2, 0.25) is 0 Å². The molecule has 0 spiro atoms. The van der Waals surface area contributed by atoms with Crippen LogP contribution >= 0.6 is 0 Å². The van der Waals surface area contributed by atoms with E-state index in [9.17, 15) is 24.4 Å². The van der Waals surface area contributed by atoms with Gasteiger partial charge in [0.25, 0.3) is 17.7 Å². The number of nitrogens with one attached hydrogen (secondary N) is 4. The fourth-order valence-electron chi connectivity index (χ4n) is 7.72. The summed E-state index contributed by atoms with van der Waals surface area (Å²) in [5.41, 5.74) is 3.89. The molecule has 0 bridgehead atoms. The first-order chi connectivity index (χ1) is 29.7. The van der Waals surface area contributed by atoms with Crippen molar-refractivity contribution in [3.05, 3.63) is 148 Å². The molecule has 2 aliphatic heterocycles. The molecule has 0 radical (unpaired) electrons. The Balaban J connectivity index is 0.000000184. The highest BCUT2D eigenvalue weighted by Crippen LogP contribution is 2.26. The zero-order valence-electron chi connectivity index (χ0n) is 34.4. The van der Waals surface area contributed by atoms with Crippen LogP contribution in [0.5, 0.6) is 0 Å². The maximum absolute atomic E-state index is 13.1. The van der Waals surface area contributed by atoms with E-state index in [1.54, 1.807) is 30.5 Å². The van der Waals surface area contributed by atoms with E-state index in [2.05, 4.69) is 26.3 Å². The second kappa shape index (κ2) is 20.0. The smallest absolute Gasteiger partial charge is 0.319 e. The molecular formula is C48H50N6O7. The first kappa shape index (κ1) is 42.4. The van der Waals surface area contributed by atoms with E-state index in [4.69, 9.17) is 9.47 Å².